The molecule has 166 valence electrons. The van der Waals surface area contributed by atoms with Crippen molar-refractivity contribution in [2.45, 2.75) is 44.9 Å². The van der Waals surface area contributed by atoms with Gasteiger partial charge in [0.2, 0.25) is 5.91 Å². The van der Waals surface area contributed by atoms with Gasteiger partial charge >= 0.3 is 0 Å². The number of benzene rings is 1. The summed E-state index contributed by atoms with van der Waals surface area (Å²) in [4.78, 5) is 33.6. The summed E-state index contributed by atoms with van der Waals surface area (Å²) in [7, 11) is 3.63. The zero-order chi connectivity index (χ0) is 22.4. The number of imidazole rings is 1. The first-order valence-corrected chi connectivity index (χ1v) is 10.6. The lowest BCUT2D eigenvalue weighted by Gasteiger charge is -2.15. The Balaban J connectivity index is 1.76. The molecule has 2 aromatic rings. The van der Waals surface area contributed by atoms with Gasteiger partial charge in [-0.1, -0.05) is 11.6 Å². The molecule has 2 atom stereocenters. The number of nitrogens with one attached hydrogen (secondary N) is 1. The van der Waals surface area contributed by atoms with Crippen molar-refractivity contribution in [1.82, 2.24) is 24.7 Å². The number of likely N-dealkylation sites (N-methyl/N-ethyl adjacent to an activating group) is 1. The predicted molar refractivity (Wildman–Crippen MR) is 112 cm³/mol. The molecule has 0 bridgehead atoms. The van der Waals surface area contributed by atoms with E-state index in [1.807, 2.05) is 18.9 Å². The maximum atomic E-state index is 14.6. The van der Waals surface area contributed by atoms with Gasteiger partial charge in [0.05, 0.1) is 16.3 Å². The third-order valence-corrected chi connectivity index (χ3v) is 6.36. The summed E-state index contributed by atoms with van der Waals surface area (Å²) in [6.07, 6.45) is 1.28. The number of hydrogen-bond acceptors (Lipinski definition) is 4. The van der Waals surface area contributed by atoms with E-state index in [1.165, 1.54) is 6.07 Å². The highest BCUT2D eigenvalue weighted by Gasteiger charge is 2.37. The molecule has 2 aliphatic rings. The van der Waals surface area contributed by atoms with Gasteiger partial charge in [-0.3, -0.25) is 9.59 Å². The topological polar surface area (TPSA) is 70.5 Å². The molecule has 3 heterocycles. The minimum Gasteiger partial charge on any atom is -0.341 e. The Hall–Kier alpha value is -2.52. The van der Waals surface area contributed by atoms with Crippen LogP contribution in [0.2, 0.25) is 5.02 Å². The van der Waals surface area contributed by atoms with Crippen LogP contribution < -0.4 is 5.32 Å². The minimum absolute atomic E-state index is 0.0223. The molecule has 31 heavy (non-hydrogen) atoms. The first-order chi connectivity index (χ1) is 14.7. The summed E-state index contributed by atoms with van der Waals surface area (Å²) in [5.74, 6) is -2.08. The highest BCUT2D eigenvalue weighted by atomic mass is 35.5. The zero-order valence-corrected chi connectivity index (χ0v) is 18.3. The Morgan fingerprint density at radius 2 is 1.97 bits per heavy atom. The Labute approximate surface area is 184 Å². The molecule has 1 fully saturated rings. The van der Waals surface area contributed by atoms with Gasteiger partial charge in [-0.15, -0.1) is 0 Å². The molecule has 0 radical (unpaired) electrons. The average molecular weight is 452 g/mol. The molecule has 1 unspecified atom stereocenters. The largest absolute Gasteiger partial charge is 0.341 e. The summed E-state index contributed by atoms with van der Waals surface area (Å²) < 4.78 is 30.1. The van der Waals surface area contributed by atoms with Crippen molar-refractivity contribution in [2.75, 3.05) is 20.6 Å². The fourth-order valence-corrected chi connectivity index (χ4v) is 4.38. The highest BCUT2D eigenvalue weighted by Crippen LogP contribution is 2.31. The molecule has 10 heteroatoms. The van der Waals surface area contributed by atoms with Crippen molar-refractivity contribution in [3.8, 4) is 11.4 Å². The van der Waals surface area contributed by atoms with Crippen LogP contribution in [0.15, 0.2) is 12.1 Å². The fraction of sp³-hybridized carbons (Fsp3) is 0.476. The third-order valence-electron chi connectivity index (χ3n) is 6.07. The quantitative estimate of drug-likeness (QED) is 0.728. The number of carbonyl (C=O) groups is 2. The van der Waals surface area contributed by atoms with E-state index in [9.17, 15) is 18.4 Å². The van der Waals surface area contributed by atoms with Crippen molar-refractivity contribution >= 4 is 23.4 Å². The molecule has 0 saturated carbocycles. The lowest BCUT2D eigenvalue weighted by Crippen LogP contribution is -2.41. The summed E-state index contributed by atoms with van der Waals surface area (Å²) in [5.41, 5.74) is 0.791. The Kier molecular flexibility index (Phi) is 5.74. The van der Waals surface area contributed by atoms with Crippen molar-refractivity contribution < 1.29 is 18.4 Å². The number of hydrogen-bond donors (Lipinski definition) is 1. The van der Waals surface area contributed by atoms with E-state index < -0.39 is 23.6 Å². The number of aromatic nitrogens is 2. The maximum Gasteiger partial charge on any atom is 0.272 e. The molecule has 0 aliphatic carbocycles. The highest BCUT2D eigenvalue weighted by molar-refractivity contribution is 6.31. The molecular weight excluding hydrogens is 428 g/mol. The van der Waals surface area contributed by atoms with Crippen molar-refractivity contribution in [3.63, 3.8) is 0 Å². The molecule has 1 aromatic heterocycles. The Morgan fingerprint density at radius 1 is 1.23 bits per heavy atom. The SMILES string of the molecule is CC1C[C@H](NC(=O)c2nc(-c3cc(Cl)c(F)cc3F)n3c2CN(C)CCC3)C(=O)N1C. The smallest absolute Gasteiger partial charge is 0.272 e. The van der Waals surface area contributed by atoms with Crippen molar-refractivity contribution in [2.24, 2.45) is 0 Å². The Morgan fingerprint density at radius 3 is 2.65 bits per heavy atom. The van der Waals surface area contributed by atoms with Gasteiger partial charge in [0.1, 0.15) is 23.5 Å². The van der Waals surface area contributed by atoms with Crippen LogP contribution in [0.1, 0.15) is 35.9 Å². The van der Waals surface area contributed by atoms with Gasteiger partial charge in [0.15, 0.2) is 5.69 Å². The van der Waals surface area contributed by atoms with Gasteiger partial charge in [-0.05, 0) is 39.4 Å². The van der Waals surface area contributed by atoms with E-state index in [-0.39, 0.29) is 34.1 Å². The van der Waals surface area contributed by atoms with E-state index in [0.717, 1.165) is 19.0 Å². The normalized spacial score (nSPS) is 21.9. The first kappa shape index (κ1) is 21.7. The summed E-state index contributed by atoms with van der Waals surface area (Å²) in [6, 6.07) is 1.30. The Bertz CT molecular complexity index is 1060. The van der Waals surface area contributed by atoms with Crippen LogP contribution in [0, 0.1) is 11.6 Å². The maximum absolute atomic E-state index is 14.6. The number of halogens is 3. The predicted octanol–water partition coefficient (Wildman–Crippen LogP) is 2.67. The standard InChI is InChI=1S/C21H24ClF2N5O2/c1-11-7-16(21(31)28(11)3)25-20(30)18-17-10-27(2)5-4-6-29(17)19(26-18)12-8-13(22)15(24)9-14(12)23/h8-9,11,16H,4-7,10H2,1-3H3,(H,25,30)/t11?,16-/m0/s1. The van der Waals surface area contributed by atoms with E-state index in [4.69, 9.17) is 11.6 Å². The minimum atomic E-state index is -0.860. The van der Waals surface area contributed by atoms with E-state index >= 15 is 0 Å². The van der Waals surface area contributed by atoms with E-state index in [1.54, 1.807) is 16.5 Å². The van der Waals surface area contributed by atoms with Crippen LogP contribution in [0.25, 0.3) is 11.4 Å². The second-order valence-corrected chi connectivity index (χ2v) is 8.69. The fourth-order valence-electron chi connectivity index (χ4n) is 4.21. The van der Waals surface area contributed by atoms with E-state index in [0.29, 0.717) is 25.2 Å². The monoisotopic (exact) mass is 451 g/mol. The van der Waals surface area contributed by atoms with Gasteiger partial charge in [-0.25, -0.2) is 13.8 Å². The van der Waals surface area contributed by atoms with Crippen LogP contribution in [0.3, 0.4) is 0 Å². The summed E-state index contributed by atoms with van der Waals surface area (Å²) in [5, 5.41) is 2.56. The lowest BCUT2D eigenvalue weighted by atomic mass is 10.2. The second kappa shape index (κ2) is 8.20. The molecule has 1 saturated heterocycles. The number of amides is 2. The van der Waals surface area contributed by atoms with Gasteiger partial charge in [0.25, 0.3) is 5.91 Å². The van der Waals surface area contributed by atoms with Crippen molar-refractivity contribution in [1.29, 1.82) is 0 Å². The third kappa shape index (κ3) is 3.92. The number of carbonyl (C=O) groups excluding carboxylic acids is 2. The molecule has 7 nitrogen and oxygen atoms in total. The summed E-state index contributed by atoms with van der Waals surface area (Å²) >= 11 is 5.89. The van der Waals surface area contributed by atoms with Gasteiger partial charge in [0, 0.05) is 32.2 Å². The molecule has 1 aromatic carbocycles. The van der Waals surface area contributed by atoms with Crippen LogP contribution in [-0.2, 0) is 17.9 Å². The lowest BCUT2D eigenvalue weighted by molar-refractivity contribution is -0.128. The average Bonchev–Trinajstić information content (AvgIpc) is 3.08. The molecule has 1 N–H and O–H groups in total. The van der Waals surface area contributed by atoms with Crippen molar-refractivity contribution in [3.05, 3.63) is 40.2 Å². The number of nitrogens with zero attached hydrogens (tertiary/aromatic N) is 4. The summed E-state index contributed by atoms with van der Waals surface area (Å²) in [6.45, 7) is 3.66. The van der Waals surface area contributed by atoms with Gasteiger partial charge < -0.3 is 19.7 Å². The molecule has 0 spiro atoms. The van der Waals surface area contributed by atoms with Gasteiger partial charge in [-0.2, -0.15) is 0 Å². The molecule has 4 rings (SSSR count). The van der Waals surface area contributed by atoms with Crippen LogP contribution >= 0.6 is 11.6 Å². The number of likely N-dealkylation sites (tertiary alicyclic amines) is 1. The zero-order valence-electron chi connectivity index (χ0n) is 17.6. The molecule has 2 aliphatic heterocycles. The van der Waals surface area contributed by atoms with E-state index in [2.05, 4.69) is 10.3 Å². The first-order valence-electron chi connectivity index (χ1n) is 10.2. The number of rotatable bonds is 3. The molecule has 2 amide bonds. The molecular formula is C21H24ClF2N5O2. The van der Waals surface area contributed by atoms with Crippen LogP contribution in [-0.4, -0.2) is 63.9 Å². The number of fused-ring (bicyclic) bond motifs is 1. The van der Waals surface area contributed by atoms with Crippen LogP contribution in [0.4, 0.5) is 8.78 Å². The second-order valence-electron chi connectivity index (χ2n) is 8.28. The van der Waals surface area contributed by atoms with Crippen LogP contribution in [0.5, 0.6) is 0 Å².